The summed E-state index contributed by atoms with van der Waals surface area (Å²) in [6.07, 6.45) is -6.74. The van der Waals surface area contributed by atoms with Crippen LogP contribution in [-0.4, -0.2) is 25.7 Å². The van der Waals surface area contributed by atoms with E-state index in [9.17, 15) is 18.0 Å². The van der Waals surface area contributed by atoms with Gasteiger partial charge in [-0.25, -0.2) is 4.79 Å². The second-order valence-corrected chi connectivity index (χ2v) is 3.71. The average Bonchev–Trinajstić information content (AvgIpc) is 2.32. The van der Waals surface area contributed by atoms with E-state index in [0.717, 1.165) is 12.1 Å². The molecule has 0 fully saturated rings. The third kappa shape index (κ3) is 5.79. The van der Waals surface area contributed by atoms with Gasteiger partial charge in [0.15, 0.2) is 6.10 Å². The number of carbonyl (C=O) groups is 1. The number of carbonyl (C=O) groups excluding carboxylic acids is 1. The molecule has 0 heterocycles. The summed E-state index contributed by atoms with van der Waals surface area (Å²) in [6, 6.07) is 5.08. The predicted octanol–water partition coefficient (Wildman–Crippen LogP) is 2.76. The summed E-state index contributed by atoms with van der Waals surface area (Å²) in [5.74, 6) is -0.412. The van der Waals surface area contributed by atoms with Crippen LogP contribution in [0.4, 0.5) is 18.0 Å². The Labute approximate surface area is 113 Å². The Hall–Kier alpha value is -1.96. The number of primary amides is 1. The minimum Gasteiger partial charge on any atom is -0.439 e. The molecular weight excluding hydrogens is 279 g/mol. The molecule has 112 valence electrons. The lowest BCUT2D eigenvalue weighted by Crippen LogP contribution is -2.21. The van der Waals surface area contributed by atoms with Crippen molar-refractivity contribution in [2.75, 3.05) is 13.2 Å². The molecule has 1 unspecified atom stereocenters. The van der Waals surface area contributed by atoms with E-state index < -0.39 is 24.3 Å². The molecule has 0 aliphatic carbocycles. The van der Waals surface area contributed by atoms with Crippen molar-refractivity contribution in [3.63, 3.8) is 0 Å². The maximum Gasteiger partial charge on any atom is 0.573 e. The van der Waals surface area contributed by atoms with Crippen LogP contribution in [0.3, 0.4) is 0 Å². The molecule has 1 aromatic rings. The lowest BCUT2D eigenvalue weighted by molar-refractivity contribution is -0.274. The molecule has 1 atom stereocenters. The average molecular weight is 293 g/mol. The quantitative estimate of drug-likeness (QED) is 0.875. The Balaban J connectivity index is 2.89. The van der Waals surface area contributed by atoms with Crippen molar-refractivity contribution in [3.8, 4) is 5.75 Å². The molecule has 0 aromatic heterocycles. The van der Waals surface area contributed by atoms with E-state index in [-0.39, 0.29) is 6.61 Å². The van der Waals surface area contributed by atoms with Crippen molar-refractivity contribution in [1.29, 1.82) is 0 Å². The summed E-state index contributed by atoms with van der Waals surface area (Å²) in [5.41, 5.74) is 5.21. The number of hydrogen-bond donors (Lipinski definition) is 1. The summed E-state index contributed by atoms with van der Waals surface area (Å²) < 4.78 is 50.1. The van der Waals surface area contributed by atoms with Gasteiger partial charge >= 0.3 is 12.5 Å². The van der Waals surface area contributed by atoms with Gasteiger partial charge in [0.25, 0.3) is 0 Å². The van der Waals surface area contributed by atoms with Crippen molar-refractivity contribution in [1.82, 2.24) is 0 Å². The van der Waals surface area contributed by atoms with Crippen LogP contribution in [0.25, 0.3) is 0 Å². The third-order valence-electron chi connectivity index (χ3n) is 2.20. The first kappa shape index (κ1) is 16.1. The second-order valence-electron chi connectivity index (χ2n) is 3.71. The van der Waals surface area contributed by atoms with Crippen LogP contribution in [0.2, 0.25) is 0 Å². The predicted molar refractivity (Wildman–Crippen MR) is 63.0 cm³/mol. The van der Waals surface area contributed by atoms with Gasteiger partial charge in [-0.2, -0.15) is 0 Å². The molecule has 0 radical (unpaired) electrons. The number of hydrogen-bond acceptors (Lipinski definition) is 4. The van der Waals surface area contributed by atoms with Gasteiger partial charge in [0.1, 0.15) is 5.75 Å². The van der Waals surface area contributed by atoms with E-state index in [1.807, 2.05) is 0 Å². The molecule has 0 saturated heterocycles. The topological polar surface area (TPSA) is 70.8 Å². The maximum absolute atomic E-state index is 12.1. The zero-order chi connectivity index (χ0) is 15.2. The Bertz CT molecular complexity index is 451. The fraction of sp³-hybridized carbons (Fsp3) is 0.417. The minimum absolute atomic E-state index is 0.0189. The van der Waals surface area contributed by atoms with E-state index in [4.69, 9.17) is 15.2 Å². The van der Waals surface area contributed by atoms with Gasteiger partial charge in [0, 0.05) is 6.61 Å². The number of benzene rings is 1. The first-order valence-electron chi connectivity index (χ1n) is 5.71. The molecular formula is C12H14F3NO4. The van der Waals surface area contributed by atoms with Gasteiger partial charge < -0.3 is 19.9 Å². The van der Waals surface area contributed by atoms with Crippen LogP contribution in [0.1, 0.15) is 18.6 Å². The van der Waals surface area contributed by atoms with E-state index in [1.165, 1.54) is 12.1 Å². The number of nitrogens with two attached hydrogens (primary N) is 1. The number of ether oxygens (including phenoxy) is 3. The van der Waals surface area contributed by atoms with Gasteiger partial charge in [-0.15, -0.1) is 13.2 Å². The van der Waals surface area contributed by atoms with Crippen molar-refractivity contribution in [3.05, 3.63) is 29.8 Å². The normalized spacial score (nSPS) is 12.8. The monoisotopic (exact) mass is 293 g/mol. The van der Waals surface area contributed by atoms with E-state index in [0.29, 0.717) is 12.2 Å². The zero-order valence-electron chi connectivity index (χ0n) is 10.6. The summed E-state index contributed by atoms with van der Waals surface area (Å²) >= 11 is 0. The van der Waals surface area contributed by atoms with Crippen LogP contribution >= 0.6 is 0 Å². The molecule has 1 amide bonds. The minimum atomic E-state index is -4.79. The molecule has 0 aliphatic rings. The largest absolute Gasteiger partial charge is 0.573 e. The van der Waals surface area contributed by atoms with E-state index in [2.05, 4.69) is 4.74 Å². The summed E-state index contributed by atoms with van der Waals surface area (Å²) in [5, 5.41) is 0. The van der Waals surface area contributed by atoms with E-state index >= 15 is 0 Å². The number of rotatable bonds is 6. The Morgan fingerprint density at radius 3 is 2.65 bits per heavy atom. The Morgan fingerprint density at radius 1 is 1.40 bits per heavy atom. The molecule has 0 aliphatic heterocycles. The smallest absolute Gasteiger partial charge is 0.439 e. The van der Waals surface area contributed by atoms with Crippen molar-refractivity contribution in [2.24, 2.45) is 5.73 Å². The first-order valence-corrected chi connectivity index (χ1v) is 5.71. The summed E-state index contributed by atoms with van der Waals surface area (Å²) in [6.45, 7) is 2.07. The van der Waals surface area contributed by atoms with Gasteiger partial charge in [-0.3, -0.25) is 0 Å². The Kier molecular flexibility index (Phi) is 5.63. The lowest BCUT2D eigenvalue weighted by Gasteiger charge is -2.18. The highest BCUT2D eigenvalue weighted by Crippen LogP contribution is 2.27. The molecule has 0 saturated carbocycles. The number of halogens is 3. The molecule has 1 rings (SSSR count). The van der Waals surface area contributed by atoms with Crippen LogP contribution in [0.15, 0.2) is 24.3 Å². The van der Waals surface area contributed by atoms with Gasteiger partial charge in [0.2, 0.25) is 0 Å². The van der Waals surface area contributed by atoms with Crippen LogP contribution < -0.4 is 10.5 Å². The molecule has 0 spiro atoms. The molecule has 20 heavy (non-hydrogen) atoms. The van der Waals surface area contributed by atoms with Crippen LogP contribution in [0.5, 0.6) is 5.75 Å². The molecule has 8 heteroatoms. The highest BCUT2D eigenvalue weighted by molar-refractivity contribution is 5.65. The molecule has 1 aromatic carbocycles. The number of alkyl halides is 3. The highest BCUT2D eigenvalue weighted by Gasteiger charge is 2.31. The lowest BCUT2D eigenvalue weighted by atomic mass is 10.1. The van der Waals surface area contributed by atoms with Gasteiger partial charge in [-0.05, 0) is 24.6 Å². The van der Waals surface area contributed by atoms with Crippen LogP contribution in [0, 0.1) is 0 Å². The molecule has 0 bridgehead atoms. The van der Waals surface area contributed by atoms with Crippen molar-refractivity contribution < 1.29 is 32.2 Å². The van der Waals surface area contributed by atoms with E-state index in [1.54, 1.807) is 6.92 Å². The van der Waals surface area contributed by atoms with Crippen molar-refractivity contribution in [2.45, 2.75) is 19.4 Å². The maximum atomic E-state index is 12.1. The number of amides is 1. The SMILES string of the molecule is CCOCC(OC(N)=O)c1cccc(OC(F)(F)F)c1. The standard InChI is InChI=1S/C12H14F3NO4/c1-2-18-7-10(19-11(16)17)8-4-3-5-9(6-8)20-12(13,14)15/h3-6,10H,2,7H2,1H3,(H2,16,17). The Morgan fingerprint density at radius 2 is 2.10 bits per heavy atom. The molecule has 2 N–H and O–H groups in total. The van der Waals surface area contributed by atoms with Crippen molar-refractivity contribution >= 4 is 6.09 Å². The van der Waals surface area contributed by atoms with Gasteiger partial charge in [0.05, 0.1) is 6.61 Å². The summed E-state index contributed by atoms with van der Waals surface area (Å²) in [7, 11) is 0. The highest BCUT2D eigenvalue weighted by atomic mass is 19.4. The fourth-order valence-corrected chi connectivity index (χ4v) is 1.48. The summed E-state index contributed by atoms with van der Waals surface area (Å²) in [4.78, 5) is 10.8. The first-order chi connectivity index (χ1) is 9.31. The third-order valence-corrected chi connectivity index (χ3v) is 2.20. The molecule has 5 nitrogen and oxygen atoms in total. The zero-order valence-corrected chi connectivity index (χ0v) is 10.6. The van der Waals surface area contributed by atoms with Crippen LogP contribution in [-0.2, 0) is 9.47 Å². The van der Waals surface area contributed by atoms with Gasteiger partial charge in [-0.1, -0.05) is 12.1 Å². The second kappa shape index (κ2) is 6.99. The fourth-order valence-electron chi connectivity index (χ4n) is 1.48.